The van der Waals surface area contributed by atoms with Crippen LogP contribution in [0.2, 0.25) is 0 Å². The number of benzene rings is 2. The summed E-state index contributed by atoms with van der Waals surface area (Å²) in [5.74, 6) is 1.06. The lowest BCUT2D eigenvalue weighted by atomic mass is 9.98. The van der Waals surface area contributed by atoms with Gasteiger partial charge < -0.3 is 24.3 Å². The summed E-state index contributed by atoms with van der Waals surface area (Å²) in [4.78, 5) is 12.3. The SMILES string of the molecule is C=C(C(=O)OCC)[C@@H](Nc1cc(OC)c(OC)c(OC)c1)c1ccc(C)cc1. The average Bonchev–Trinajstić information content (AvgIpc) is 2.71. The molecule has 6 heteroatoms. The van der Waals surface area contributed by atoms with Crippen LogP contribution in [-0.4, -0.2) is 33.9 Å². The molecule has 0 heterocycles. The first-order valence-electron chi connectivity index (χ1n) is 8.94. The molecule has 0 aliphatic rings. The first-order chi connectivity index (χ1) is 13.4. The predicted molar refractivity (Wildman–Crippen MR) is 109 cm³/mol. The minimum absolute atomic E-state index is 0.280. The zero-order valence-corrected chi connectivity index (χ0v) is 17.0. The standard InChI is InChI=1S/C22H27NO5/c1-7-28-22(24)15(3)20(16-10-8-14(2)9-11-16)23-17-12-18(25-4)21(27-6)19(13-17)26-5/h8-13,20,23H,3,7H2,1-2,4-6H3/t20-/m1/s1. The van der Waals surface area contributed by atoms with Crippen LogP contribution < -0.4 is 19.5 Å². The van der Waals surface area contributed by atoms with Crippen LogP contribution in [0.25, 0.3) is 0 Å². The topological polar surface area (TPSA) is 66.0 Å². The Hall–Kier alpha value is -3.15. The Morgan fingerprint density at radius 1 is 1.04 bits per heavy atom. The summed E-state index contributed by atoms with van der Waals surface area (Å²) in [6, 6.07) is 10.9. The van der Waals surface area contributed by atoms with Gasteiger partial charge in [-0.15, -0.1) is 0 Å². The van der Waals surface area contributed by atoms with Gasteiger partial charge in [0.25, 0.3) is 0 Å². The van der Waals surface area contributed by atoms with Crippen LogP contribution in [0.4, 0.5) is 5.69 Å². The molecule has 6 nitrogen and oxygen atoms in total. The second kappa shape index (κ2) is 9.69. The number of carbonyl (C=O) groups is 1. The van der Waals surface area contributed by atoms with Crippen molar-refractivity contribution >= 4 is 11.7 Å². The summed E-state index contributed by atoms with van der Waals surface area (Å²) < 4.78 is 21.3. The Morgan fingerprint density at radius 2 is 1.61 bits per heavy atom. The zero-order valence-electron chi connectivity index (χ0n) is 17.0. The molecule has 0 aliphatic carbocycles. The Morgan fingerprint density at radius 3 is 2.07 bits per heavy atom. The Kier molecular flexibility index (Phi) is 7.32. The molecule has 0 amide bonds. The molecular formula is C22H27NO5. The van der Waals surface area contributed by atoms with Crippen LogP contribution in [-0.2, 0) is 9.53 Å². The van der Waals surface area contributed by atoms with E-state index in [2.05, 4.69) is 11.9 Å². The van der Waals surface area contributed by atoms with Crippen molar-refractivity contribution < 1.29 is 23.7 Å². The highest BCUT2D eigenvalue weighted by molar-refractivity contribution is 5.90. The van der Waals surface area contributed by atoms with Crippen molar-refractivity contribution in [1.82, 2.24) is 0 Å². The first-order valence-corrected chi connectivity index (χ1v) is 8.94. The number of esters is 1. The van der Waals surface area contributed by atoms with E-state index in [1.807, 2.05) is 31.2 Å². The number of aryl methyl sites for hydroxylation is 1. The summed E-state index contributed by atoms with van der Waals surface area (Å²) in [6.07, 6.45) is 0. The van der Waals surface area contributed by atoms with E-state index < -0.39 is 12.0 Å². The van der Waals surface area contributed by atoms with E-state index in [1.165, 1.54) is 0 Å². The molecule has 2 aromatic rings. The van der Waals surface area contributed by atoms with Crippen LogP contribution in [0.15, 0.2) is 48.6 Å². The van der Waals surface area contributed by atoms with Gasteiger partial charge in [-0.3, -0.25) is 0 Å². The first kappa shape index (κ1) is 21.2. The van der Waals surface area contributed by atoms with Crippen LogP contribution in [0.1, 0.15) is 24.1 Å². The Bertz CT molecular complexity index is 804. The molecule has 0 radical (unpaired) electrons. The van der Waals surface area contributed by atoms with Crippen molar-refractivity contribution in [3.05, 3.63) is 59.7 Å². The molecule has 1 atom stereocenters. The number of ether oxygens (including phenoxy) is 4. The fraction of sp³-hybridized carbons (Fsp3) is 0.318. The molecule has 2 rings (SSSR count). The van der Waals surface area contributed by atoms with Crippen LogP contribution in [0, 0.1) is 6.92 Å². The van der Waals surface area contributed by atoms with Gasteiger partial charge in [0, 0.05) is 17.8 Å². The maximum Gasteiger partial charge on any atom is 0.335 e. The minimum Gasteiger partial charge on any atom is -0.493 e. The molecule has 0 saturated heterocycles. The fourth-order valence-corrected chi connectivity index (χ4v) is 2.80. The molecular weight excluding hydrogens is 358 g/mol. The largest absolute Gasteiger partial charge is 0.493 e. The number of methoxy groups -OCH3 is 3. The highest BCUT2D eigenvalue weighted by atomic mass is 16.5. The second-order valence-corrected chi connectivity index (χ2v) is 6.15. The van der Waals surface area contributed by atoms with Crippen LogP contribution in [0.5, 0.6) is 17.2 Å². The van der Waals surface area contributed by atoms with Crippen LogP contribution in [0.3, 0.4) is 0 Å². The molecule has 0 unspecified atom stereocenters. The molecule has 2 aromatic carbocycles. The quantitative estimate of drug-likeness (QED) is 0.513. The molecule has 0 bridgehead atoms. The lowest BCUT2D eigenvalue weighted by Gasteiger charge is -2.23. The molecule has 28 heavy (non-hydrogen) atoms. The predicted octanol–water partition coefficient (Wildman–Crippen LogP) is 4.29. The molecule has 0 spiro atoms. The van der Waals surface area contributed by atoms with Gasteiger partial charge in [-0.25, -0.2) is 4.79 Å². The van der Waals surface area contributed by atoms with E-state index in [4.69, 9.17) is 18.9 Å². The summed E-state index contributed by atoms with van der Waals surface area (Å²) in [7, 11) is 4.65. The highest BCUT2D eigenvalue weighted by Crippen LogP contribution is 2.41. The molecule has 0 fully saturated rings. The summed E-state index contributed by atoms with van der Waals surface area (Å²) >= 11 is 0. The monoisotopic (exact) mass is 385 g/mol. The lowest BCUT2D eigenvalue weighted by Crippen LogP contribution is -2.20. The molecule has 0 aromatic heterocycles. The van der Waals surface area contributed by atoms with E-state index in [9.17, 15) is 4.79 Å². The number of carbonyl (C=O) groups excluding carboxylic acids is 1. The van der Waals surface area contributed by atoms with Gasteiger partial charge in [0.2, 0.25) is 5.75 Å². The van der Waals surface area contributed by atoms with Crippen molar-refractivity contribution in [3.8, 4) is 17.2 Å². The second-order valence-electron chi connectivity index (χ2n) is 6.15. The van der Waals surface area contributed by atoms with Crippen molar-refractivity contribution in [2.75, 3.05) is 33.3 Å². The number of nitrogens with one attached hydrogen (secondary N) is 1. The Balaban J connectivity index is 2.46. The molecule has 150 valence electrons. The van der Waals surface area contributed by atoms with E-state index in [-0.39, 0.29) is 6.61 Å². The maximum absolute atomic E-state index is 12.3. The number of hydrogen-bond donors (Lipinski definition) is 1. The zero-order chi connectivity index (χ0) is 20.7. The van der Waals surface area contributed by atoms with Gasteiger partial charge in [-0.2, -0.15) is 0 Å². The van der Waals surface area contributed by atoms with Crippen LogP contribution >= 0.6 is 0 Å². The third-order valence-corrected chi connectivity index (χ3v) is 4.27. The third kappa shape index (κ3) is 4.76. The molecule has 0 aliphatic heterocycles. The van der Waals surface area contributed by atoms with Gasteiger partial charge in [0.1, 0.15) is 0 Å². The van der Waals surface area contributed by atoms with Crippen molar-refractivity contribution in [2.45, 2.75) is 19.9 Å². The lowest BCUT2D eigenvalue weighted by molar-refractivity contribution is -0.138. The van der Waals surface area contributed by atoms with Gasteiger partial charge >= 0.3 is 5.97 Å². The van der Waals surface area contributed by atoms with Gasteiger partial charge in [0.15, 0.2) is 11.5 Å². The van der Waals surface area contributed by atoms with Crippen molar-refractivity contribution in [1.29, 1.82) is 0 Å². The smallest absolute Gasteiger partial charge is 0.335 e. The van der Waals surface area contributed by atoms with E-state index in [0.717, 1.165) is 11.1 Å². The molecule has 0 saturated carbocycles. The summed E-state index contributed by atoms with van der Waals surface area (Å²) in [6.45, 7) is 8.01. The van der Waals surface area contributed by atoms with E-state index in [1.54, 1.807) is 40.4 Å². The minimum atomic E-state index is -0.484. The number of anilines is 1. The van der Waals surface area contributed by atoms with Gasteiger partial charge in [0.05, 0.1) is 39.6 Å². The normalized spacial score (nSPS) is 11.3. The van der Waals surface area contributed by atoms with E-state index in [0.29, 0.717) is 28.5 Å². The maximum atomic E-state index is 12.3. The van der Waals surface area contributed by atoms with Gasteiger partial charge in [-0.1, -0.05) is 36.4 Å². The third-order valence-electron chi connectivity index (χ3n) is 4.27. The summed E-state index contributed by atoms with van der Waals surface area (Å²) in [5.41, 5.74) is 3.00. The summed E-state index contributed by atoms with van der Waals surface area (Å²) in [5, 5.41) is 3.34. The van der Waals surface area contributed by atoms with E-state index >= 15 is 0 Å². The van der Waals surface area contributed by atoms with Crippen molar-refractivity contribution in [3.63, 3.8) is 0 Å². The highest BCUT2D eigenvalue weighted by Gasteiger charge is 2.23. The average molecular weight is 385 g/mol. The van der Waals surface area contributed by atoms with Gasteiger partial charge in [-0.05, 0) is 19.4 Å². The molecule has 1 N–H and O–H groups in total. The fourth-order valence-electron chi connectivity index (χ4n) is 2.80. The number of rotatable bonds is 9. The Labute approximate surface area is 166 Å². The number of hydrogen-bond acceptors (Lipinski definition) is 6. The van der Waals surface area contributed by atoms with Crippen molar-refractivity contribution in [2.24, 2.45) is 0 Å².